The predicted molar refractivity (Wildman–Crippen MR) is 101 cm³/mol. The van der Waals surface area contributed by atoms with Crippen LogP contribution >= 0.6 is 31.9 Å². The molecule has 1 amide bonds. The smallest absolute Gasteiger partial charge is 0.277 e. The van der Waals surface area contributed by atoms with E-state index in [1.165, 1.54) is 12.1 Å². The van der Waals surface area contributed by atoms with Gasteiger partial charge in [0.05, 0.1) is 15.1 Å². The molecule has 0 aliphatic carbocycles. The van der Waals surface area contributed by atoms with Gasteiger partial charge in [-0.25, -0.2) is 5.43 Å². The summed E-state index contributed by atoms with van der Waals surface area (Å²) in [6, 6.07) is 11.2. The number of hydrogen-bond donors (Lipinski definition) is 1. The van der Waals surface area contributed by atoms with Crippen LogP contribution in [-0.2, 0) is 4.79 Å². The van der Waals surface area contributed by atoms with E-state index in [9.17, 15) is 14.9 Å². The number of benzene rings is 2. The van der Waals surface area contributed by atoms with Gasteiger partial charge in [0.15, 0.2) is 6.61 Å². The van der Waals surface area contributed by atoms with Gasteiger partial charge in [0.25, 0.3) is 11.6 Å². The number of non-ortho nitro benzene ring substituents is 1. The number of ether oxygens (including phenoxy) is 1. The highest BCUT2D eigenvalue weighted by molar-refractivity contribution is 9.11. The second-order valence-corrected chi connectivity index (χ2v) is 6.67. The van der Waals surface area contributed by atoms with Crippen molar-refractivity contribution in [1.29, 1.82) is 0 Å². The van der Waals surface area contributed by atoms with Gasteiger partial charge in [0.1, 0.15) is 5.75 Å². The SMILES string of the molecule is C/C(=N/NC(=O)COc1ccc(Br)cc1Br)c1ccc([N+](=O)[O-])cc1. The summed E-state index contributed by atoms with van der Waals surface area (Å²) < 4.78 is 7.02. The topological polar surface area (TPSA) is 93.8 Å². The van der Waals surface area contributed by atoms with E-state index in [-0.39, 0.29) is 12.3 Å². The van der Waals surface area contributed by atoms with E-state index in [1.54, 1.807) is 31.2 Å². The van der Waals surface area contributed by atoms with E-state index in [4.69, 9.17) is 4.74 Å². The normalized spacial score (nSPS) is 11.1. The zero-order valence-corrected chi connectivity index (χ0v) is 16.2. The van der Waals surface area contributed by atoms with Crippen LogP contribution in [0.1, 0.15) is 12.5 Å². The van der Waals surface area contributed by atoms with Crippen molar-refractivity contribution in [1.82, 2.24) is 5.43 Å². The Labute approximate surface area is 160 Å². The number of hydrogen-bond acceptors (Lipinski definition) is 5. The van der Waals surface area contributed by atoms with Gasteiger partial charge in [-0.1, -0.05) is 15.9 Å². The number of nitro benzene ring substituents is 1. The lowest BCUT2D eigenvalue weighted by atomic mass is 10.1. The van der Waals surface area contributed by atoms with Gasteiger partial charge in [0, 0.05) is 16.6 Å². The molecule has 0 unspecified atom stereocenters. The van der Waals surface area contributed by atoms with Crippen LogP contribution < -0.4 is 10.2 Å². The lowest BCUT2D eigenvalue weighted by Crippen LogP contribution is -2.25. The molecule has 2 aromatic rings. The van der Waals surface area contributed by atoms with Crippen LogP contribution in [0, 0.1) is 10.1 Å². The highest BCUT2D eigenvalue weighted by Gasteiger charge is 2.08. The van der Waals surface area contributed by atoms with Crippen molar-refractivity contribution in [3.63, 3.8) is 0 Å². The van der Waals surface area contributed by atoms with Crippen molar-refractivity contribution in [3.05, 3.63) is 67.1 Å². The molecular weight excluding hydrogens is 458 g/mol. The van der Waals surface area contributed by atoms with Crippen LogP contribution in [0.15, 0.2) is 56.5 Å². The van der Waals surface area contributed by atoms with Crippen LogP contribution in [-0.4, -0.2) is 23.1 Å². The first-order valence-electron chi connectivity index (χ1n) is 7.02. The van der Waals surface area contributed by atoms with Crippen LogP contribution in [0.3, 0.4) is 0 Å². The second kappa shape index (κ2) is 8.72. The van der Waals surface area contributed by atoms with Gasteiger partial charge in [-0.15, -0.1) is 0 Å². The number of carbonyl (C=O) groups excluding carboxylic acids is 1. The number of nitro groups is 1. The minimum Gasteiger partial charge on any atom is -0.483 e. The summed E-state index contributed by atoms with van der Waals surface area (Å²) in [5.41, 5.74) is 3.57. The molecule has 9 heteroatoms. The molecule has 0 aromatic heterocycles. The summed E-state index contributed by atoms with van der Waals surface area (Å²) in [4.78, 5) is 22.0. The largest absolute Gasteiger partial charge is 0.483 e. The van der Waals surface area contributed by atoms with Gasteiger partial charge < -0.3 is 4.74 Å². The summed E-state index contributed by atoms with van der Waals surface area (Å²) in [7, 11) is 0. The highest BCUT2D eigenvalue weighted by Crippen LogP contribution is 2.28. The zero-order chi connectivity index (χ0) is 18.4. The molecule has 0 radical (unpaired) electrons. The molecule has 0 aliphatic rings. The summed E-state index contributed by atoms with van der Waals surface area (Å²) in [5.74, 6) is 0.116. The third-order valence-electron chi connectivity index (χ3n) is 3.10. The highest BCUT2D eigenvalue weighted by atomic mass is 79.9. The van der Waals surface area contributed by atoms with Crippen molar-refractivity contribution < 1.29 is 14.5 Å². The number of hydrazone groups is 1. The molecule has 2 rings (SSSR count). The van der Waals surface area contributed by atoms with Gasteiger partial charge in [-0.05, 0) is 58.7 Å². The summed E-state index contributed by atoms with van der Waals surface area (Å²) >= 11 is 6.68. The molecule has 7 nitrogen and oxygen atoms in total. The average Bonchev–Trinajstić information content (AvgIpc) is 2.59. The van der Waals surface area contributed by atoms with Crippen molar-refractivity contribution >= 4 is 49.2 Å². The number of amides is 1. The number of rotatable bonds is 6. The zero-order valence-electron chi connectivity index (χ0n) is 13.0. The molecule has 0 atom stereocenters. The van der Waals surface area contributed by atoms with Gasteiger partial charge in [-0.2, -0.15) is 5.10 Å². The predicted octanol–water partition coefficient (Wildman–Crippen LogP) is 4.04. The fourth-order valence-corrected chi connectivity index (χ4v) is 2.96. The molecule has 0 saturated carbocycles. The average molecular weight is 471 g/mol. The molecule has 2 aromatic carbocycles. The number of halogens is 2. The van der Waals surface area contributed by atoms with Gasteiger partial charge >= 0.3 is 0 Å². The first kappa shape index (κ1) is 19.1. The minimum absolute atomic E-state index is 0.00550. The molecular formula is C16H13Br2N3O4. The molecule has 0 spiro atoms. The molecule has 0 saturated heterocycles. The van der Waals surface area contributed by atoms with E-state index >= 15 is 0 Å². The lowest BCUT2D eigenvalue weighted by Gasteiger charge is -2.08. The molecule has 0 heterocycles. The van der Waals surface area contributed by atoms with Gasteiger partial charge in [-0.3, -0.25) is 14.9 Å². The van der Waals surface area contributed by atoms with Crippen LogP contribution in [0.5, 0.6) is 5.75 Å². The Morgan fingerprint density at radius 1 is 1.24 bits per heavy atom. The van der Waals surface area contributed by atoms with E-state index in [2.05, 4.69) is 42.4 Å². The maximum atomic E-state index is 11.8. The maximum Gasteiger partial charge on any atom is 0.277 e. The Bertz CT molecular complexity index is 823. The lowest BCUT2D eigenvalue weighted by molar-refractivity contribution is -0.384. The minimum atomic E-state index is -0.477. The molecule has 130 valence electrons. The van der Waals surface area contributed by atoms with Crippen LogP contribution in [0.4, 0.5) is 5.69 Å². The molecule has 0 aliphatic heterocycles. The fraction of sp³-hybridized carbons (Fsp3) is 0.125. The first-order chi connectivity index (χ1) is 11.9. The quantitative estimate of drug-likeness (QED) is 0.391. The summed E-state index contributed by atoms with van der Waals surface area (Å²) in [6.07, 6.45) is 0. The molecule has 0 fully saturated rings. The van der Waals surface area contributed by atoms with Gasteiger partial charge in [0.2, 0.25) is 0 Å². The monoisotopic (exact) mass is 469 g/mol. The molecule has 0 bridgehead atoms. The van der Waals surface area contributed by atoms with E-state index in [0.29, 0.717) is 17.0 Å². The first-order valence-corrected chi connectivity index (χ1v) is 8.61. The van der Waals surface area contributed by atoms with Crippen molar-refractivity contribution in [2.75, 3.05) is 6.61 Å². The van der Waals surface area contributed by atoms with Crippen LogP contribution in [0.25, 0.3) is 0 Å². The number of carbonyl (C=O) groups is 1. The third kappa shape index (κ3) is 5.64. The molecule has 1 N–H and O–H groups in total. The van der Waals surface area contributed by atoms with Crippen molar-refractivity contribution in [2.45, 2.75) is 6.92 Å². The van der Waals surface area contributed by atoms with E-state index in [1.807, 2.05) is 6.07 Å². The van der Waals surface area contributed by atoms with E-state index < -0.39 is 10.8 Å². The third-order valence-corrected chi connectivity index (χ3v) is 4.21. The van der Waals surface area contributed by atoms with Crippen molar-refractivity contribution in [2.24, 2.45) is 5.10 Å². The maximum absolute atomic E-state index is 11.8. The van der Waals surface area contributed by atoms with Crippen molar-refractivity contribution in [3.8, 4) is 5.75 Å². The fourth-order valence-electron chi connectivity index (χ4n) is 1.80. The standard InChI is InChI=1S/C16H13Br2N3O4/c1-10(11-2-5-13(6-3-11)21(23)24)19-20-16(22)9-25-15-7-4-12(17)8-14(15)18/h2-8H,9H2,1H3,(H,20,22)/b19-10-. The Morgan fingerprint density at radius 2 is 1.92 bits per heavy atom. The number of nitrogens with zero attached hydrogens (tertiary/aromatic N) is 2. The Morgan fingerprint density at radius 3 is 2.52 bits per heavy atom. The van der Waals surface area contributed by atoms with Crippen LogP contribution in [0.2, 0.25) is 0 Å². The molecule has 25 heavy (non-hydrogen) atoms. The summed E-state index contributed by atoms with van der Waals surface area (Å²) in [5, 5.41) is 14.6. The summed E-state index contributed by atoms with van der Waals surface area (Å²) in [6.45, 7) is 1.49. The Balaban J connectivity index is 1.91. The number of nitrogens with one attached hydrogen (secondary N) is 1. The Hall–Kier alpha value is -2.26. The second-order valence-electron chi connectivity index (χ2n) is 4.90. The Kier molecular flexibility index (Phi) is 6.65. The van der Waals surface area contributed by atoms with E-state index in [0.717, 1.165) is 8.95 Å².